The molecule has 4 N–H and O–H groups in total. The molecule has 0 aliphatic rings. The van der Waals surface area contributed by atoms with Gasteiger partial charge in [0.2, 0.25) is 5.91 Å². The Bertz CT molecular complexity index is 526. The summed E-state index contributed by atoms with van der Waals surface area (Å²) in [6.45, 7) is 7.18. The highest BCUT2D eigenvalue weighted by Crippen LogP contribution is 2.14. The highest BCUT2D eigenvalue weighted by atomic mass is 35.5. The first kappa shape index (κ1) is 16.2. The number of rotatable bonds is 3. The van der Waals surface area contributed by atoms with E-state index < -0.39 is 11.9 Å². The molecule has 0 aromatic carbocycles. The van der Waals surface area contributed by atoms with Gasteiger partial charge in [-0.2, -0.15) is 0 Å². The van der Waals surface area contributed by atoms with E-state index in [1.54, 1.807) is 6.92 Å². The first-order valence-corrected chi connectivity index (χ1v) is 6.52. The highest BCUT2D eigenvalue weighted by molar-refractivity contribution is 6.29. The number of halogens is 1. The molecule has 20 heavy (non-hydrogen) atoms. The van der Waals surface area contributed by atoms with Crippen molar-refractivity contribution >= 4 is 29.1 Å². The van der Waals surface area contributed by atoms with Crippen molar-refractivity contribution in [3.63, 3.8) is 0 Å². The zero-order chi connectivity index (χ0) is 15.5. The van der Waals surface area contributed by atoms with Crippen LogP contribution in [0.25, 0.3) is 0 Å². The minimum absolute atomic E-state index is 0.163. The molecule has 1 rings (SSSR count). The van der Waals surface area contributed by atoms with Gasteiger partial charge < -0.3 is 16.4 Å². The normalized spacial score (nSPS) is 12.7. The number of hydrogen-bond acceptors (Lipinski definition) is 4. The maximum Gasteiger partial charge on any atom is 0.254 e. The quantitative estimate of drug-likeness (QED) is 0.734. The maximum atomic E-state index is 12.0. The van der Waals surface area contributed by atoms with Gasteiger partial charge >= 0.3 is 0 Å². The Kier molecular flexibility index (Phi) is 4.94. The summed E-state index contributed by atoms with van der Waals surface area (Å²) in [7, 11) is 0. The van der Waals surface area contributed by atoms with Crippen LogP contribution in [0, 0.1) is 0 Å². The largest absolute Gasteiger partial charge is 0.397 e. The second kappa shape index (κ2) is 6.09. The van der Waals surface area contributed by atoms with Crippen LogP contribution in [0.2, 0.25) is 5.15 Å². The molecule has 7 heteroatoms. The van der Waals surface area contributed by atoms with Gasteiger partial charge in [0.1, 0.15) is 11.2 Å². The van der Waals surface area contributed by atoms with E-state index in [-0.39, 0.29) is 27.9 Å². The van der Waals surface area contributed by atoms with Crippen LogP contribution in [0.5, 0.6) is 0 Å². The fourth-order valence-corrected chi connectivity index (χ4v) is 1.61. The summed E-state index contributed by atoms with van der Waals surface area (Å²) >= 11 is 5.72. The van der Waals surface area contributed by atoms with Gasteiger partial charge in [-0.3, -0.25) is 9.59 Å². The number of nitrogen functional groups attached to an aromatic ring is 1. The van der Waals surface area contributed by atoms with Crippen LogP contribution < -0.4 is 16.4 Å². The molecule has 0 aliphatic heterocycles. The van der Waals surface area contributed by atoms with Crippen LogP contribution in [-0.2, 0) is 4.79 Å². The van der Waals surface area contributed by atoms with Crippen molar-refractivity contribution in [2.45, 2.75) is 39.3 Å². The van der Waals surface area contributed by atoms with Crippen molar-refractivity contribution in [2.24, 2.45) is 0 Å². The lowest BCUT2D eigenvalue weighted by molar-refractivity contribution is -0.124. The molecule has 110 valence electrons. The topological polar surface area (TPSA) is 97.1 Å². The molecule has 2 amide bonds. The average molecular weight is 299 g/mol. The van der Waals surface area contributed by atoms with E-state index in [9.17, 15) is 9.59 Å². The molecular weight excluding hydrogens is 280 g/mol. The van der Waals surface area contributed by atoms with E-state index in [2.05, 4.69) is 15.6 Å². The minimum atomic E-state index is -0.687. The average Bonchev–Trinajstić information content (AvgIpc) is 2.29. The molecule has 1 aromatic heterocycles. The lowest BCUT2D eigenvalue weighted by Gasteiger charge is -2.23. The molecule has 0 bridgehead atoms. The van der Waals surface area contributed by atoms with E-state index in [0.29, 0.717) is 0 Å². The summed E-state index contributed by atoms with van der Waals surface area (Å²) in [5, 5.41) is 5.51. The first-order valence-electron chi connectivity index (χ1n) is 6.14. The van der Waals surface area contributed by atoms with E-state index in [0.717, 1.165) is 0 Å². The van der Waals surface area contributed by atoms with Crippen molar-refractivity contribution in [2.75, 3.05) is 5.73 Å². The van der Waals surface area contributed by atoms with E-state index >= 15 is 0 Å². The fraction of sp³-hybridized carbons (Fsp3) is 0.462. The standard InChI is InChI=1S/C13H19ClN4O2/c1-7(11(19)18-13(2,3)4)17-12(20)8-5-10(14)16-6-9(8)15/h5-7H,15H2,1-4H3,(H,17,20)(H,18,19). The Morgan fingerprint density at radius 2 is 2.00 bits per heavy atom. The number of anilines is 1. The number of carbonyl (C=O) groups is 2. The van der Waals surface area contributed by atoms with Gasteiger partial charge in [-0.1, -0.05) is 11.6 Å². The molecule has 1 atom stereocenters. The van der Waals surface area contributed by atoms with Crippen LogP contribution in [0.3, 0.4) is 0 Å². The molecule has 0 radical (unpaired) electrons. The molecule has 1 heterocycles. The molecule has 1 aromatic rings. The van der Waals surface area contributed by atoms with Crippen molar-refractivity contribution in [3.8, 4) is 0 Å². The number of hydrogen-bond donors (Lipinski definition) is 3. The van der Waals surface area contributed by atoms with Gasteiger partial charge in [0, 0.05) is 5.54 Å². The third kappa shape index (κ3) is 4.70. The molecular formula is C13H19ClN4O2. The second-order valence-electron chi connectivity index (χ2n) is 5.53. The summed E-state index contributed by atoms with van der Waals surface area (Å²) in [6, 6.07) is 0.675. The number of nitrogens with two attached hydrogens (primary N) is 1. The highest BCUT2D eigenvalue weighted by Gasteiger charge is 2.22. The van der Waals surface area contributed by atoms with Crippen LogP contribution in [0.1, 0.15) is 38.1 Å². The zero-order valence-electron chi connectivity index (χ0n) is 12.0. The van der Waals surface area contributed by atoms with Crippen molar-refractivity contribution in [1.29, 1.82) is 0 Å². The zero-order valence-corrected chi connectivity index (χ0v) is 12.7. The van der Waals surface area contributed by atoms with E-state index in [4.69, 9.17) is 17.3 Å². The molecule has 6 nitrogen and oxygen atoms in total. The molecule has 0 saturated heterocycles. The van der Waals surface area contributed by atoms with Crippen molar-refractivity contribution in [1.82, 2.24) is 15.6 Å². The fourth-order valence-electron chi connectivity index (χ4n) is 1.45. The molecule has 1 unspecified atom stereocenters. The molecule has 0 saturated carbocycles. The predicted molar refractivity (Wildman–Crippen MR) is 78.5 cm³/mol. The second-order valence-corrected chi connectivity index (χ2v) is 5.92. The number of pyridine rings is 1. The number of amides is 2. The minimum Gasteiger partial charge on any atom is -0.397 e. The molecule has 0 fully saturated rings. The van der Waals surface area contributed by atoms with Gasteiger partial charge in [0.25, 0.3) is 5.91 Å². The molecule has 0 spiro atoms. The smallest absolute Gasteiger partial charge is 0.254 e. The van der Waals surface area contributed by atoms with Crippen molar-refractivity contribution < 1.29 is 9.59 Å². The first-order chi connectivity index (χ1) is 9.10. The summed E-state index contributed by atoms with van der Waals surface area (Å²) < 4.78 is 0. The SMILES string of the molecule is CC(NC(=O)c1cc(Cl)ncc1N)C(=O)NC(C)(C)C. The third-order valence-corrected chi connectivity index (χ3v) is 2.59. The Hall–Kier alpha value is -1.82. The van der Waals surface area contributed by atoms with Crippen LogP contribution in [0.4, 0.5) is 5.69 Å². The van der Waals surface area contributed by atoms with Gasteiger partial charge in [0.05, 0.1) is 17.4 Å². The maximum absolute atomic E-state index is 12.0. The van der Waals surface area contributed by atoms with E-state index in [1.807, 2.05) is 20.8 Å². The van der Waals surface area contributed by atoms with E-state index in [1.165, 1.54) is 12.3 Å². The predicted octanol–water partition coefficient (Wildman–Crippen LogP) is 1.35. The lowest BCUT2D eigenvalue weighted by atomic mass is 10.1. The Morgan fingerprint density at radius 1 is 1.40 bits per heavy atom. The summed E-state index contributed by atoms with van der Waals surface area (Å²) in [6.07, 6.45) is 1.30. The van der Waals surface area contributed by atoms with Gasteiger partial charge in [0.15, 0.2) is 0 Å². The van der Waals surface area contributed by atoms with Gasteiger partial charge in [-0.15, -0.1) is 0 Å². The summed E-state index contributed by atoms with van der Waals surface area (Å²) in [5.74, 6) is -0.743. The van der Waals surface area contributed by atoms with Crippen LogP contribution >= 0.6 is 11.6 Å². The van der Waals surface area contributed by atoms with Gasteiger partial charge in [-0.25, -0.2) is 4.98 Å². The summed E-state index contributed by atoms with van der Waals surface area (Å²) in [4.78, 5) is 27.7. The number of carbonyl (C=O) groups excluding carboxylic acids is 2. The Morgan fingerprint density at radius 3 is 2.55 bits per heavy atom. The van der Waals surface area contributed by atoms with Crippen molar-refractivity contribution in [3.05, 3.63) is 23.0 Å². The monoisotopic (exact) mass is 298 g/mol. The lowest BCUT2D eigenvalue weighted by Crippen LogP contribution is -2.50. The Labute approximate surface area is 123 Å². The number of nitrogens with zero attached hydrogens (tertiary/aromatic N) is 1. The number of aromatic nitrogens is 1. The van der Waals surface area contributed by atoms with Crippen LogP contribution in [-0.4, -0.2) is 28.4 Å². The Balaban J connectivity index is 2.75. The number of nitrogens with one attached hydrogen (secondary N) is 2. The third-order valence-electron chi connectivity index (χ3n) is 2.39. The summed E-state index contributed by atoms with van der Waals surface area (Å²) in [5.41, 5.74) is 5.69. The van der Waals surface area contributed by atoms with Crippen LogP contribution in [0.15, 0.2) is 12.3 Å². The van der Waals surface area contributed by atoms with Gasteiger partial charge in [-0.05, 0) is 33.8 Å². The molecule has 0 aliphatic carbocycles.